The third-order valence-electron chi connectivity index (χ3n) is 6.03. The van der Waals surface area contributed by atoms with Crippen molar-refractivity contribution in [2.24, 2.45) is 5.73 Å². The van der Waals surface area contributed by atoms with Crippen molar-refractivity contribution in [3.8, 4) is 0 Å². The first-order valence-corrected chi connectivity index (χ1v) is 9.21. The van der Waals surface area contributed by atoms with Gasteiger partial charge in [0.25, 0.3) is 0 Å². The number of nitrogens with two attached hydrogens (primary N) is 1. The summed E-state index contributed by atoms with van der Waals surface area (Å²) in [5.74, 6) is 0. The zero-order valence-corrected chi connectivity index (χ0v) is 13.7. The molecule has 2 heteroatoms. The lowest BCUT2D eigenvalue weighted by Gasteiger charge is -2.49. The van der Waals surface area contributed by atoms with E-state index < -0.39 is 0 Å². The SMILES string of the molecule is CN(C1CCC1)C1(CN)CCCCCCCCCCC1. The van der Waals surface area contributed by atoms with Crippen molar-refractivity contribution < 1.29 is 0 Å². The van der Waals surface area contributed by atoms with E-state index in [1.165, 1.54) is 89.9 Å². The van der Waals surface area contributed by atoms with Gasteiger partial charge in [0, 0.05) is 18.1 Å². The van der Waals surface area contributed by atoms with Crippen molar-refractivity contribution >= 4 is 0 Å². The van der Waals surface area contributed by atoms with Crippen molar-refractivity contribution in [2.45, 2.75) is 101 Å². The zero-order valence-electron chi connectivity index (χ0n) is 13.7. The molecule has 0 spiro atoms. The first-order chi connectivity index (χ1) is 9.78. The molecule has 0 bridgehead atoms. The van der Waals surface area contributed by atoms with Gasteiger partial charge in [-0.3, -0.25) is 4.90 Å². The lowest BCUT2D eigenvalue weighted by atomic mass is 9.80. The van der Waals surface area contributed by atoms with E-state index in [1.807, 2.05) is 0 Å². The molecule has 0 atom stereocenters. The summed E-state index contributed by atoms with van der Waals surface area (Å²) in [6.07, 6.45) is 19.7. The van der Waals surface area contributed by atoms with Crippen LogP contribution in [0.15, 0.2) is 0 Å². The Morgan fingerprint density at radius 3 is 1.60 bits per heavy atom. The zero-order chi connectivity index (χ0) is 14.3. The quantitative estimate of drug-likeness (QED) is 0.826. The smallest absolute Gasteiger partial charge is 0.0331 e. The molecule has 0 aliphatic heterocycles. The minimum atomic E-state index is 0.310. The Morgan fingerprint density at radius 2 is 1.25 bits per heavy atom. The lowest BCUT2D eigenvalue weighted by Crippen LogP contribution is -2.57. The van der Waals surface area contributed by atoms with Crippen molar-refractivity contribution in [2.75, 3.05) is 13.6 Å². The molecule has 0 aromatic carbocycles. The molecule has 2 N–H and O–H groups in total. The second-order valence-electron chi connectivity index (χ2n) is 7.31. The summed E-state index contributed by atoms with van der Waals surface area (Å²) in [4.78, 5) is 2.70. The molecule has 2 fully saturated rings. The highest BCUT2D eigenvalue weighted by Gasteiger charge is 2.38. The molecule has 0 amide bonds. The van der Waals surface area contributed by atoms with Crippen LogP contribution in [0.4, 0.5) is 0 Å². The maximum absolute atomic E-state index is 6.29. The summed E-state index contributed by atoms with van der Waals surface area (Å²) in [7, 11) is 2.36. The molecule has 0 unspecified atom stereocenters. The minimum absolute atomic E-state index is 0.310. The molecule has 20 heavy (non-hydrogen) atoms. The third kappa shape index (κ3) is 4.21. The van der Waals surface area contributed by atoms with Gasteiger partial charge in [0.1, 0.15) is 0 Å². The maximum atomic E-state index is 6.29. The van der Waals surface area contributed by atoms with E-state index in [2.05, 4.69) is 11.9 Å². The van der Waals surface area contributed by atoms with Gasteiger partial charge in [-0.25, -0.2) is 0 Å². The van der Waals surface area contributed by atoms with Gasteiger partial charge in [0.2, 0.25) is 0 Å². The van der Waals surface area contributed by atoms with Gasteiger partial charge < -0.3 is 5.73 Å². The molecule has 0 saturated heterocycles. The highest BCUT2D eigenvalue weighted by atomic mass is 15.2. The molecular formula is C18H36N2. The van der Waals surface area contributed by atoms with Crippen LogP contribution < -0.4 is 5.73 Å². The molecule has 2 aliphatic rings. The van der Waals surface area contributed by atoms with Crippen LogP contribution in [-0.2, 0) is 0 Å². The molecule has 2 rings (SSSR count). The topological polar surface area (TPSA) is 29.3 Å². The van der Waals surface area contributed by atoms with Crippen LogP contribution in [0, 0.1) is 0 Å². The summed E-state index contributed by atoms with van der Waals surface area (Å²) in [5.41, 5.74) is 6.60. The lowest BCUT2D eigenvalue weighted by molar-refractivity contribution is 0.0220. The van der Waals surface area contributed by atoms with Crippen LogP contribution in [0.3, 0.4) is 0 Å². The molecule has 0 aromatic heterocycles. The fourth-order valence-corrected chi connectivity index (χ4v) is 4.13. The second-order valence-corrected chi connectivity index (χ2v) is 7.31. The number of likely N-dealkylation sites (N-methyl/N-ethyl adjacent to an activating group) is 1. The van der Waals surface area contributed by atoms with Crippen molar-refractivity contribution in [3.63, 3.8) is 0 Å². The highest BCUT2D eigenvalue weighted by molar-refractivity contribution is 4.95. The highest BCUT2D eigenvalue weighted by Crippen LogP contribution is 2.35. The standard InChI is InChI=1S/C18H36N2/c1-20(17-12-11-13-17)18(16-19)14-9-7-5-3-2-4-6-8-10-15-18/h17H,2-16,19H2,1H3. The van der Waals surface area contributed by atoms with E-state index in [4.69, 9.17) is 5.73 Å². The second kappa shape index (κ2) is 8.38. The summed E-state index contributed by atoms with van der Waals surface area (Å²) in [6.45, 7) is 0.861. The Labute approximate surface area is 126 Å². The number of nitrogens with zero attached hydrogens (tertiary/aromatic N) is 1. The first-order valence-electron chi connectivity index (χ1n) is 9.21. The van der Waals surface area contributed by atoms with E-state index in [0.29, 0.717) is 5.54 Å². The van der Waals surface area contributed by atoms with Crippen molar-refractivity contribution in [1.82, 2.24) is 4.90 Å². The maximum Gasteiger partial charge on any atom is 0.0331 e. The summed E-state index contributed by atoms with van der Waals surface area (Å²) >= 11 is 0. The van der Waals surface area contributed by atoms with E-state index in [9.17, 15) is 0 Å². The Morgan fingerprint density at radius 1 is 0.800 bits per heavy atom. The van der Waals surface area contributed by atoms with Crippen LogP contribution in [0.2, 0.25) is 0 Å². The summed E-state index contributed by atoms with van der Waals surface area (Å²) in [6, 6.07) is 0.825. The third-order valence-corrected chi connectivity index (χ3v) is 6.03. The van der Waals surface area contributed by atoms with E-state index in [0.717, 1.165) is 12.6 Å². The average molecular weight is 280 g/mol. The van der Waals surface area contributed by atoms with Gasteiger partial charge in [-0.2, -0.15) is 0 Å². The van der Waals surface area contributed by atoms with Gasteiger partial charge >= 0.3 is 0 Å². The molecule has 0 heterocycles. The van der Waals surface area contributed by atoms with Crippen molar-refractivity contribution in [1.29, 1.82) is 0 Å². The van der Waals surface area contributed by atoms with Crippen LogP contribution in [0.25, 0.3) is 0 Å². The Hall–Kier alpha value is -0.0800. The van der Waals surface area contributed by atoms with E-state index >= 15 is 0 Å². The molecule has 2 nitrogen and oxygen atoms in total. The van der Waals surface area contributed by atoms with Gasteiger partial charge in [0.05, 0.1) is 0 Å². The van der Waals surface area contributed by atoms with Crippen LogP contribution in [0.1, 0.15) is 89.9 Å². The molecule has 2 saturated carbocycles. The molecule has 0 radical (unpaired) electrons. The van der Waals surface area contributed by atoms with Crippen LogP contribution in [0.5, 0.6) is 0 Å². The monoisotopic (exact) mass is 280 g/mol. The predicted octanol–water partition coefficient (Wildman–Crippen LogP) is 4.47. The largest absolute Gasteiger partial charge is 0.329 e. The van der Waals surface area contributed by atoms with Gasteiger partial charge in [-0.15, -0.1) is 0 Å². The van der Waals surface area contributed by atoms with Crippen LogP contribution in [-0.4, -0.2) is 30.1 Å². The van der Waals surface area contributed by atoms with E-state index in [-0.39, 0.29) is 0 Å². The average Bonchev–Trinajstić information content (AvgIpc) is 2.38. The number of rotatable bonds is 3. The van der Waals surface area contributed by atoms with Gasteiger partial charge in [0.15, 0.2) is 0 Å². The fraction of sp³-hybridized carbons (Fsp3) is 1.00. The Balaban J connectivity index is 1.96. The van der Waals surface area contributed by atoms with Gasteiger partial charge in [-0.1, -0.05) is 64.2 Å². The molecule has 2 aliphatic carbocycles. The predicted molar refractivity (Wildman–Crippen MR) is 88.0 cm³/mol. The number of hydrogen-bond acceptors (Lipinski definition) is 2. The molecule has 0 aromatic rings. The summed E-state index contributed by atoms with van der Waals surface area (Å²) < 4.78 is 0. The Kier molecular flexibility index (Phi) is 6.83. The fourth-order valence-electron chi connectivity index (χ4n) is 4.13. The van der Waals surface area contributed by atoms with E-state index in [1.54, 1.807) is 0 Å². The Bertz CT molecular complexity index is 248. The molecule has 118 valence electrons. The van der Waals surface area contributed by atoms with Gasteiger partial charge in [-0.05, 0) is 32.7 Å². The van der Waals surface area contributed by atoms with Crippen molar-refractivity contribution in [3.05, 3.63) is 0 Å². The normalized spacial score (nSPS) is 26.6. The first kappa shape index (κ1) is 16.3. The molecular weight excluding hydrogens is 244 g/mol. The summed E-state index contributed by atoms with van der Waals surface area (Å²) in [5, 5.41) is 0. The minimum Gasteiger partial charge on any atom is -0.329 e. The number of hydrogen-bond donors (Lipinski definition) is 1. The van der Waals surface area contributed by atoms with Crippen LogP contribution >= 0.6 is 0 Å².